The number of nitrogens with zero attached hydrogens (tertiary/aromatic N) is 2. The van der Waals surface area contributed by atoms with Crippen LogP contribution in [0.15, 0.2) is 47.4 Å². The maximum absolute atomic E-state index is 12.9. The topological polar surface area (TPSA) is 69.7 Å². The van der Waals surface area contributed by atoms with Gasteiger partial charge in [0, 0.05) is 33.3 Å². The second kappa shape index (κ2) is 9.00. The maximum Gasteiger partial charge on any atom is 0.248 e. The Labute approximate surface area is 156 Å². The number of hydrogen-bond acceptors (Lipinski definition) is 4. The molecule has 0 aliphatic carbocycles. The van der Waals surface area contributed by atoms with E-state index in [1.807, 2.05) is 32.0 Å². The summed E-state index contributed by atoms with van der Waals surface area (Å²) >= 11 is 0. The van der Waals surface area contributed by atoms with Gasteiger partial charge >= 0.3 is 0 Å². The summed E-state index contributed by atoms with van der Waals surface area (Å²) in [6, 6.07) is 4.87. The highest BCUT2D eigenvalue weighted by atomic mass is 32.2. The highest BCUT2D eigenvalue weighted by Crippen LogP contribution is 2.30. The number of allylic oxidation sites excluding steroid dienone is 3. The van der Waals surface area contributed by atoms with Gasteiger partial charge in [0.05, 0.1) is 16.3 Å². The van der Waals surface area contributed by atoms with E-state index in [2.05, 4.69) is 5.32 Å². The van der Waals surface area contributed by atoms with E-state index in [-0.39, 0.29) is 10.8 Å². The van der Waals surface area contributed by atoms with Gasteiger partial charge in [0.2, 0.25) is 15.9 Å². The molecule has 0 unspecified atom stereocenters. The van der Waals surface area contributed by atoms with Crippen LogP contribution in [0.3, 0.4) is 0 Å². The Bertz CT molecular complexity index is 792. The van der Waals surface area contributed by atoms with Crippen LogP contribution < -0.4 is 10.2 Å². The molecule has 1 aromatic carbocycles. The van der Waals surface area contributed by atoms with E-state index in [0.717, 1.165) is 24.9 Å². The lowest BCUT2D eigenvalue weighted by Crippen LogP contribution is -2.35. The molecule has 0 aromatic heterocycles. The maximum atomic E-state index is 12.9. The summed E-state index contributed by atoms with van der Waals surface area (Å²) in [4.78, 5) is 14.2. The molecule has 1 aromatic rings. The number of anilines is 2. The first-order chi connectivity index (χ1) is 12.4. The number of piperidine rings is 1. The molecule has 1 saturated heterocycles. The molecule has 1 fully saturated rings. The van der Waals surface area contributed by atoms with Crippen molar-refractivity contribution in [2.75, 3.05) is 37.4 Å². The zero-order chi connectivity index (χ0) is 19.2. The minimum atomic E-state index is -3.55. The Morgan fingerprint density at radius 3 is 2.46 bits per heavy atom. The summed E-state index contributed by atoms with van der Waals surface area (Å²) in [5.74, 6) is -0.307. The van der Waals surface area contributed by atoms with Crippen LogP contribution in [0.25, 0.3) is 0 Å². The third-order valence-electron chi connectivity index (χ3n) is 4.21. The monoisotopic (exact) mass is 377 g/mol. The minimum absolute atomic E-state index is 0.206. The van der Waals surface area contributed by atoms with Gasteiger partial charge in [0.25, 0.3) is 0 Å². The van der Waals surface area contributed by atoms with Gasteiger partial charge in [-0.05, 0) is 38.0 Å². The van der Waals surface area contributed by atoms with Crippen LogP contribution in [-0.4, -0.2) is 45.8 Å². The predicted molar refractivity (Wildman–Crippen MR) is 106 cm³/mol. The molecule has 1 amide bonds. The van der Waals surface area contributed by atoms with Crippen molar-refractivity contribution in [3.05, 3.63) is 42.5 Å². The fraction of sp³-hybridized carbons (Fsp3) is 0.421. The molecule has 7 heteroatoms. The van der Waals surface area contributed by atoms with Crippen molar-refractivity contribution in [2.24, 2.45) is 0 Å². The number of sulfonamides is 1. The lowest BCUT2D eigenvalue weighted by atomic mass is 10.2. The summed E-state index contributed by atoms with van der Waals surface area (Å²) in [6.45, 7) is 2.96. The quantitative estimate of drug-likeness (QED) is 0.611. The first-order valence-electron chi connectivity index (χ1n) is 8.78. The summed E-state index contributed by atoms with van der Waals surface area (Å²) in [5, 5.41) is 2.78. The zero-order valence-corrected chi connectivity index (χ0v) is 16.4. The van der Waals surface area contributed by atoms with Gasteiger partial charge in [0.1, 0.15) is 0 Å². The van der Waals surface area contributed by atoms with Crippen LogP contribution in [0.4, 0.5) is 11.4 Å². The van der Waals surface area contributed by atoms with Gasteiger partial charge in [-0.25, -0.2) is 8.42 Å². The SMILES string of the molecule is C/C=C/C=C/C(=O)Nc1cc(S(=O)(=O)N2CCCCC2)ccc1N(C)C. The van der Waals surface area contributed by atoms with E-state index in [0.29, 0.717) is 18.8 Å². The molecule has 1 aliphatic rings. The minimum Gasteiger partial charge on any atom is -0.376 e. The number of amides is 1. The molecule has 0 saturated carbocycles. The highest BCUT2D eigenvalue weighted by Gasteiger charge is 2.26. The third kappa shape index (κ3) is 4.95. The van der Waals surface area contributed by atoms with Crippen molar-refractivity contribution in [1.82, 2.24) is 4.31 Å². The molecular formula is C19H27N3O3S. The van der Waals surface area contributed by atoms with Gasteiger partial charge in [-0.15, -0.1) is 0 Å². The van der Waals surface area contributed by atoms with Crippen molar-refractivity contribution in [2.45, 2.75) is 31.1 Å². The number of carbonyl (C=O) groups is 1. The predicted octanol–water partition coefficient (Wildman–Crippen LogP) is 3.00. The first-order valence-corrected chi connectivity index (χ1v) is 10.2. The van der Waals surface area contributed by atoms with Gasteiger partial charge in [-0.2, -0.15) is 4.31 Å². The number of carbonyl (C=O) groups excluding carboxylic acids is 1. The lowest BCUT2D eigenvalue weighted by Gasteiger charge is -2.26. The Morgan fingerprint density at radius 1 is 1.15 bits per heavy atom. The first kappa shape index (κ1) is 20.2. The molecule has 1 aliphatic heterocycles. The molecule has 0 atom stereocenters. The average Bonchev–Trinajstić information content (AvgIpc) is 2.62. The molecule has 2 rings (SSSR count). The van der Waals surface area contributed by atoms with E-state index >= 15 is 0 Å². The fourth-order valence-corrected chi connectivity index (χ4v) is 4.39. The van der Waals surface area contributed by atoms with Crippen molar-refractivity contribution in [3.63, 3.8) is 0 Å². The molecular weight excluding hydrogens is 350 g/mol. The van der Waals surface area contributed by atoms with E-state index < -0.39 is 10.0 Å². The fourth-order valence-electron chi connectivity index (χ4n) is 2.85. The highest BCUT2D eigenvalue weighted by molar-refractivity contribution is 7.89. The van der Waals surface area contributed by atoms with Crippen molar-refractivity contribution >= 4 is 27.3 Å². The van der Waals surface area contributed by atoms with Gasteiger partial charge in [0.15, 0.2) is 0 Å². The number of rotatable bonds is 6. The standard InChI is InChI=1S/C19H27N3O3S/c1-4-5-7-10-19(23)20-17-15-16(11-12-18(17)21(2)3)26(24,25)22-13-8-6-9-14-22/h4-5,7,10-12,15H,6,8-9,13-14H2,1-3H3,(H,20,23)/b5-4+,10-7+. The molecule has 142 valence electrons. The average molecular weight is 378 g/mol. The van der Waals surface area contributed by atoms with Gasteiger partial charge in [-0.1, -0.05) is 24.6 Å². The Hall–Kier alpha value is -2.12. The van der Waals surface area contributed by atoms with Crippen molar-refractivity contribution in [3.8, 4) is 0 Å². The lowest BCUT2D eigenvalue weighted by molar-refractivity contribution is -0.111. The molecule has 6 nitrogen and oxygen atoms in total. The van der Waals surface area contributed by atoms with Crippen LogP contribution in [0.1, 0.15) is 26.2 Å². The second-order valence-corrected chi connectivity index (χ2v) is 8.35. The van der Waals surface area contributed by atoms with E-state index in [9.17, 15) is 13.2 Å². The van der Waals surface area contributed by atoms with Crippen LogP contribution in [0, 0.1) is 0 Å². The van der Waals surface area contributed by atoms with Crippen molar-refractivity contribution in [1.29, 1.82) is 0 Å². The zero-order valence-electron chi connectivity index (χ0n) is 15.6. The van der Waals surface area contributed by atoms with E-state index in [1.165, 1.54) is 10.4 Å². The number of nitrogens with one attached hydrogen (secondary N) is 1. The van der Waals surface area contributed by atoms with E-state index in [4.69, 9.17) is 0 Å². The Kier molecular flexibility index (Phi) is 6.99. The van der Waals surface area contributed by atoms with Crippen LogP contribution in [0.2, 0.25) is 0 Å². The van der Waals surface area contributed by atoms with E-state index in [1.54, 1.807) is 30.4 Å². The van der Waals surface area contributed by atoms with Gasteiger partial charge < -0.3 is 10.2 Å². The largest absolute Gasteiger partial charge is 0.376 e. The summed E-state index contributed by atoms with van der Waals surface area (Å²) in [6.07, 6.45) is 9.45. The Balaban J connectivity index is 2.34. The normalized spacial score (nSPS) is 16.3. The third-order valence-corrected chi connectivity index (χ3v) is 6.11. The van der Waals surface area contributed by atoms with Crippen LogP contribution >= 0.6 is 0 Å². The molecule has 1 heterocycles. The summed E-state index contributed by atoms with van der Waals surface area (Å²) < 4.78 is 27.3. The Morgan fingerprint density at radius 2 is 1.85 bits per heavy atom. The molecule has 0 radical (unpaired) electrons. The smallest absolute Gasteiger partial charge is 0.248 e. The van der Waals surface area contributed by atoms with Crippen LogP contribution in [0.5, 0.6) is 0 Å². The number of hydrogen-bond donors (Lipinski definition) is 1. The molecule has 0 bridgehead atoms. The second-order valence-electron chi connectivity index (χ2n) is 6.41. The van der Waals surface area contributed by atoms with Crippen molar-refractivity contribution < 1.29 is 13.2 Å². The molecule has 0 spiro atoms. The van der Waals surface area contributed by atoms with Crippen LogP contribution in [-0.2, 0) is 14.8 Å². The summed E-state index contributed by atoms with van der Waals surface area (Å²) in [7, 11) is 0.144. The molecule has 26 heavy (non-hydrogen) atoms. The molecule has 1 N–H and O–H groups in total. The number of benzene rings is 1. The summed E-state index contributed by atoms with van der Waals surface area (Å²) in [5.41, 5.74) is 1.22. The van der Waals surface area contributed by atoms with Gasteiger partial charge in [-0.3, -0.25) is 4.79 Å².